The first kappa shape index (κ1) is 10.8. The first-order valence-corrected chi connectivity index (χ1v) is 6.30. The number of likely N-dealkylation sites (tertiary alicyclic amines) is 1. The minimum atomic E-state index is 0.138. The molecule has 2 aliphatic heterocycles. The van der Waals surface area contributed by atoms with Crippen LogP contribution in [0.1, 0.15) is 17.3 Å². The fourth-order valence-electron chi connectivity index (χ4n) is 2.85. The Hall–Kier alpha value is -1.36. The highest BCUT2D eigenvalue weighted by atomic mass is 16.2. The van der Waals surface area contributed by atoms with Crippen molar-refractivity contribution in [2.45, 2.75) is 13.5 Å². The molecule has 0 aromatic carbocycles. The van der Waals surface area contributed by atoms with E-state index in [-0.39, 0.29) is 5.91 Å². The molecular formula is C12H18N4O. The highest BCUT2D eigenvalue weighted by molar-refractivity contribution is 5.93. The summed E-state index contributed by atoms with van der Waals surface area (Å²) in [6.07, 6.45) is 3.52. The zero-order valence-corrected chi connectivity index (χ0v) is 10.1. The van der Waals surface area contributed by atoms with Crippen LogP contribution >= 0.6 is 0 Å². The SMILES string of the molecule is CCn1cc(C(=O)N2C[C@H]3CNC[C@H]3C2)cn1. The third-order valence-corrected chi connectivity index (χ3v) is 3.88. The maximum atomic E-state index is 12.3. The van der Waals surface area contributed by atoms with E-state index in [0.717, 1.165) is 38.3 Å². The van der Waals surface area contributed by atoms with Gasteiger partial charge in [0.05, 0.1) is 11.8 Å². The summed E-state index contributed by atoms with van der Waals surface area (Å²) in [6, 6.07) is 0. The van der Waals surface area contributed by atoms with E-state index < -0.39 is 0 Å². The molecule has 17 heavy (non-hydrogen) atoms. The molecule has 0 saturated carbocycles. The van der Waals surface area contributed by atoms with E-state index in [4.69, 9.17) is 0 Å². The third-order valence-electron chi connectivity index (χ3n) is 3.88. The number of carbonyl (C=O) groups excluding carboxylic acids is 1. The van der Waals surface area contributed by atoms with Gasteiger partial charge in [0.2, 0.25) is 0 Å². The normalized spacial score (nSPS) is 27.5. The molecule has 3 heterocycles. The number of amides is 1. The molecule has 0 bridgehead atoms. The fraction of sp³-hybridized carbons (Fsp3) is 0.667. The van der Waals surface area contributed by atoms with Crippen molar-refractivity contribution < 1.29 is 4.79 Å². The van der Waals surface area contributed by atoms with Crippen molar-refractivity contribution in [1.29, 1.82) is 0 Å². The Kier molecular flexibility index (Phi) is 2.63. The predicted octanol–water partition coefficient (Wildman–Crippen LogP) is 0.194. The molecule has 5 heteroatoms. The lowest BCUT2D eigenvalue weighted by Crippen LogP contribution is -2.31. The zero-order valence-electron chi connectivity index (χ0n) is 10.1. The lowest BCUT2D eigenvalue weighted by atomic mass is 10.0. The number of rotatable bonds is 2. The van der Waals surface area contributed by atoms with Crippen molar-refractivity contribution in [3.63, 3.8) is 0 Å². The Morgan fingerprint density at radius 1 is 1.47 bits per heavy atom. The van der Waals surface area contributed by atoms with Crippen molar-refractivity contribution in [1.82, 2.24) is 20.0 Å². The van der Waals surface area contributed by atoms with Crippen LogP contribution in [0.4, 0.5) is 0 Å². The molecule has 2 atom stereocenters. The number of aromatic nitrogens is 2. The number of nitrogens with one attached hydrogen (secondary N) is 1. The van der Waals surface area contributed by atoms with Crippen LogP contribution in [-0.2, 0) is 6.54 Å². The largest absolute Gasteiger partial charge is 0.338 e. The molecule has 1 amide bonds. The molecule has 92 valence electrons. The van der Waals surface area contributed by atoms with Gasteiger partial charge in [-0.15, -0.1) is 0 Å². The Morgan fingerprint density at radius 2 is 2.18 bits per heavy atom. The average Bonchev–Trinajstić information content (AvgIpc) is 3.02. The van der Waals surface area contributed by atoms with Gasteiger partial charge in [-0.25, -0.2) is 0 Å². The van der Waals surface area contributed by atoms with Crippen molar-refractivity contribution in [2.75, 3.05) is 26.2 Å². The van der Waals surface area contributed by atoms with E-state index in [1.165, 1.54) is 0 Å². The van der Waals surface area contributed by atoms with Crippen molar-refractivity contribution in [3.8, 4) is 0 Å². The molecule has 5 nitrogen and oxygen atoms in total. The van der Waals surface area contributed by atoms with Crippen LogP contribution in [0.2, 0.25) is 0 Å². The molecule has 0 radical (unpaired) electrons. The molecule has 2 aliphatic rings. The number of hydrogen-bond acceptors (Lipinski definition) is 3. The first-order valence-electron chi connectivity index (χ1n) is 6.30. The second-order valence-electron chi connectivity index (χ2n) is 4.97. The smallest absolute Gasteiger partial charge is 0.257 e. The van der Waals surface area contributed by atoms with Crippen LogP contribution in [0.25, 0.3) is 0 Å². The fourth-order valence-corrected chi connectivity index (χ4v) is 2.85. The first-order chi connectivity index (χ1) is 8.28. The van der Waals surface area contributed by atoms with E-state index in [9.17, 15) is 4.79 Å². The van der Waals surface area contributed by atoms with Gasteiger partial charge >= 0.3 is 0 Å². The van der Waals surface area contributed by atoms with E-state index in [1.807, 2.05) is 18.0 Å². The van der Waals surface area contributed by atoms with Crippen LogP contribution in [0.3, 0.4) is 0 Å². The Labute approximate surface area is 101 Å². The van der Waals surface area contributed by atoms with Gasteiger partial charge in [-0.3, -0.25) is 9.48 Å². The molecule has 2 saturated heterocycles. The van der Waals surface area contributed by atoms with Crippen LogP contribution in [0.15, 0.2) is 12.4 Å². The summed E-state index contributed by atoms with van der Waals surface area (Å²) in [5.41, 5.74) is 0.722. The molecule has 0 aliphatic carbocycles. The average molecular weight is 234 g/mol. The summed E-state index contributed by atoms with van der Waals surface area (Å²) in [5.74, 6) is 1.44. The van der Waals surface area contributed by atoms with Crippen molar-refractivity contribution in [2.24, 2.45) is 11.8 Å². The van der Waals surface area contributed by atoms with Gasteiger partial charge in [0.25, 0.3) is 5.91 Å². The van der Waals surface area contributed by atoms with Crippen LogP contribution < -0.4 is 5.32 Å². The van der Waals surface area contributed by atoms with Gasteiger partial charge in [-0.05, 0) is 18.8 Å². The predicted molar refractivity (Wildman–Crippen MR) is 63.7 cm³/mol. The molecule has 1 aromatic heterocycles. The summed E-state index contributed by atoms with van der Waals surface area (Å²) >= 11 is 0. The van der Waals surface area contributed by atoms with E-state index in [1.54, 1.807) is 10.9 Å². The van der Waals surface area contributed by atoms with Crippen LogP contribution in [0, 0.1) is 11.8 Å². The number of carbonyl (C=O) groups is 1. The van der Waals surface area contributed by atoms with E-state index >= 15 is 0 Å². The number of nitrogens with zero attached hydrogens (tertiary/aromatic N) is 3. The second-order valence-corrected chi connectivity index (χ2v) is 4.97. The maximum Gasteiger partial charge on any atom is 0.257 e. The lowest BCUT2D eigenvalue weighted by molar-refractivity contribution is 0.0781. The minimum absolute atomic E-state index is 0.138. The maximum absolute atomic E-state index is 12.3. The summed E-state index contributed by atoms with van der Waals surface area (Å²) in [6.45, 7) is 6.74. The third kappa shape index (κ3) is 1.84. The zero-order chi connectivity index (χ0) is 11.8. The topological polar surface area (TPSA) is 50.2 Å². The monoisotopic (exact) mass is 234 g/mol. The van der Waals surface area contributed by atoms with Gasteiger partial charge < -0.3 is 10.2 Å². The van der Waals surface area contributed by atoms with Gasteiger partial charge in [-0.1, -0.05) is 0 Å². The second kappa shape index (κ2) is 4.14. The summed E-state index contributed by atoms with van der Waals surface area (Å²) in [5, 5.41) is 7.54. The number of aryl methyl sites for hydroxylation is 1. The number of fused-ring (bicyclic) bond motifs is 1. The van der Waals surface area contributed by atoms with Crippen molar-refractivity contribution in [3.05, 3.63) is 18.0 Å². The van der Waals surface area contributed by atoms with E-state index in [0.29, 0.717) is 11.8 Å². The Morgan fingerprint density at radius 3 is 2.76 bits per heavy atom. The molecule has 3 rings (SSSR count). The molecule has 0 unspecified atom stereocenters. The standard InChI is InChI=1S/C12H18N4O/c1-2-16-8-11(5-14-16)12(17)15-6-9-3-13-4-10(9)7-15/h5,8-10,13H,2-4,6-7H2,1H3/t9-,10+. The minimum Gasteiger partial charge on any atom is -0.338 e. The van der Waals surface area contributed by atoms with Gasteiger partial charge in [0, 0.05) is 38.9 Å². The summed E-state index contributed by atoms with van der Waals surface area (Å²) in [4.78, 5) is 14.2. The van der Waals surface area contributed by atoms with Gasteiger partial charge in [0.15, 0.2) is 0 Å². The highest BCUT2D eigenvalue weighted by Gasteiger charge is 2.38. The van der Waals surface area contributed by atoms with E-state index in [2.05, 4.69) is 10.4 Å². The van der Waals surface area contributed by atoms with Crippen molar-refractivity contribution >= 4 is 5.91 Å². The van der Waals surface area contributed by atoms with Crippen LogP contribution in [-0.4, -0.2) is 46.8 Å². The number of hydrogen-bond donors (Lipinski definition) is 1. The Bertz CT molecular complexity index is 416. The highest BCUT2D eigenvalue weighted by Crippen LogP contribution is 2.27. The lowest BCUT2D eigenvalue weighted by Gasteiger charge is -2.16. The summed E-state index contributed by atoms with van der Waals surface area (Å²) < 4.78 is 1.80. The Balaban J connectivity index is 1.70. The molecule has 0 spiro atoms. The van der Waals surface area contributed by atoms with Gasteiger partial charge in [-0.2, -0.15) is 5.10 Å². The molecule has 1 N–H and O–H groups in total. The van der Waals surface area contributed by atoms with Gasteiger partial charge in [0.1, 0.15) is 0 Å². The summed E-state index contributed by atoms with van der Waals surface area (Å²) in [7, 11) is 0. The molecular weight excluding hydrogens is 216 g/mol. The molecule has 2 fully saturated rings. The quantitative estimate of drug-likeness (QED) is 0.795. The molecule has 1 aromatic rings. The van der Waals surface area contributed by atoms with Crippen LogP contribution in [0.5, 0.6) is 0 Å².